The van der Waals surface area contributed by atoms with Gasteiger partial charge in [0.1, 0.15) is 5.75 Å². The molecular weight excluding hydrogens is 358 g/mol. The second-order valence-corrected chi connectivity index (χ2v) is 6.35. The van der Waals surface area contributed by atoms with Crippen LogP contribution in [0.1, 0.15) is 23.5 Å². The summed E-state index contributed by atoms with van der Waals surface area (Å²) in [5, 5.41) is 0.743. The first-order valence-electron chi connectivity index (χ1n) is 7.25. The molecule has 0 radical (unpaired) electrons. The number of para-hydroxylation sites is 1. The van der Waals surface area contributed by atoms with Crippen LogP contribution < -0.4 is 10.3 Å². The molecule has 0 amide bonds. The number of ether oxygens (including phenoxy) is 1. The maximum Gasteiger partial charge on any atom is 0.312 e. The molecule has 23 heavy (non-hydrogen) atoms. The van der Waals surface area contributed by atoms with E-state index in [-0.39, 0.29) is 23.9 Å². The van der Waals surface area contributed by atoms with Crippen LogP contribution in [0.4, 0.5) is 0 Å². The Morgan fingerprint density at radius 3 is 2.61 bits per heavy atom. The number of halogens is 1. The highest BCUT2D eigenvalue weighted by molar-refractivity contribution is 9.10. The van der Waals surface area contributed by atoms with Gasteiger partial charge in [-0.3, -0.25) is 9.59 Å². The molecule has 1 unspecified atom stereocenters. The fraction of sp³-hybridized carbons (Fsp3) is 0.111. The summed E-state index contributed by atoms with van der Waals surface area (Å²) < 4.78 is 6.32. The topological polar surface area (TPSA) is 59.2 Å². The Balaban J connectivity index is 2.05. The zero-order valence-corrected chi connectivity index (χ0v) is 13.6. The van der Waals surface area contributed by atoms with Gasteiger partial charge in [0.05, 0.1) is 17.5 Å². The van der Waals surface area contributed by atoms with Crippen molar-refractivity contribution in [1.29, 1.82) is 0 Å². The van der Waals surface area contributed by atoms with Crippen molar-refractivity contribution in [2.24, 2.45) is 0 Å². The molecule has 0 aliphatic carbocycles. The van der Waals surface area contributed by atoms with E-state index >= 15 is 0 Å². The number of H-pyrrole nitrogens is 1. The Hall–Kier alpha value is -2.40. The van der Waals surface area contributed by atoms with Crippen molar-refractivity contribution < 1.29 is 9.53 Å². The number of rotatable bonds is 1. The molecule has 0 saturated heterocycles. The van der Waals surface area contributed by atoms with Gasteiger partial charge in [-0.1, -0.05) is 46.3 Å². The van der Waals surface area contributed by atoms with Gasteiger partial charge in [-0.25, -0.2) is 0 Å². The second-order valence-electron chi connectivity index (χ2n) is 5.49. The van der Waals surface area contributed by atoms with Crippen molar-refractivity contribution in [2.75, 3.05) is 0 Å². The van der Waals surface area contributed by atoms with Crippen LogP contribution in [0.25, 0.3) is 10.9 Å². The van der Waals surface area contributed by atoms with Crippen LogP contribution in [0, 0.1) is 0 Å². The van der Waals surface area contributed by atoms with E-state index in [0.29, 0.717) is 16.8 Å². The molecule has 4 nitrogen and oxygen atoms in total. The van der Waals surface area contributed by atoms with Crippen LogP contribution in [0.15, 0.2) is 57.8 Å². The van der Waals surface area contributed by atoms with Crippen LogP contribution in [-0.4, -0.2) is 11.0 Å². The van der Waals surface area contributed by atoms with E-state index in [1.807, 2.05) is 42.5 Å². The summed E-state index contributed by atoms with van der Waals surface area (Å²) in [7, 11) is 0. The number of esters is 1. The lowest BCUT2D eigenvalue weighted by molar-refractivity contribution is -0.135. The summed E-state index contributed by atoms with van der Waals surface area (Å²) in [6.45, 7) is 0. The zero-order valence-electron chi connectivity index (χ0n) is 12.0. The van der Waals surface area contributed by atoms with Crippen molar-refractivity contribution >= 4 is 32.8 Å². The van der Waals surface area contributed by atoms with E-state index in [0.717, 1.165) is 15.4 Å². The Morgan fingerprint density at radius 1 is 1.04 bits per heavy atom. The molecule has 4 rings (SSSR count). The zero-order chi connectivity index (χ0) is 16.0. The molecule has 1 atom stereocenters. The number of pyridine rings is 1. The second kappa shape index (κ2) is 5.35. The van der Waals surface area contributed by atoms with E-state index in [1.165, 1.54) is 0 Å². The third-order valence-corrected chi connectivity index (χ3v) is 4.85. The minimum atomic E-state index is -0.325. The quantitative estimate of drug-likeness (QED) is 0.664. The van der Waals surface area contributed by atoms with Gasteiger partial charge in [0.15, 0.2) is 0 Å². The van der Waals surface area contributed by atoms with Gasteiger partial charge >= 0.3 is 5.97 Å². The van der Waals surface area contributed by atoms with Crippen molar-refractivity contribution in [2.45, 2.75) is 12.3 Å². The summed E-state index contributed by atoms with van der Waals surface area (Å²) >= 11 is 3.51. The maximum atomic E-state index is 12.6. The molecule has 3 aromatic rings. The Kier molecular flexibility index (Phi) is 3.31. The number of aromatic nitrogens is 1. The van der Waals surface area contributed by atoms with Gasteiger partial charge in [0.25, 0.3) is 5.56 Å². The van der Waals surface area contributed by atoms with Gasteiger partial charge in [-0.15, -0.1) is 0 Å². The molecule has 0 bridgehead atoms. The summed E-state index contributed by atoms with van der Waals surface area (Å²) in [6, 6.07) is 15.0. The van der Waals surface area contributed by atoms with E-state index < -0.39 is 0 Å². The molecule has 1 aliphatic rings. The van der Waals surface area contributed by atoms with Crippen molar-refractivity contribution in [3.8, 4) is 5.75 Å². The van der Waals surface area contributed by atoms with E-state index in [2.05, 4.69) is 20.9 Å². The van der Waals surface area contributed by atoms with Crippen LogP contribution in [0.2, 0.25) is 0 Å². The lowest BCUT2D eigenvalue weighted by atomic mass is 9.86. The summed E-state index contributed by atoms with van der Waals surface area (Å²) in [4.78, 5) is 27.6. The van der Waals surface area contributed by atoms with Crippen LogP contribution in [0.5, 0.6) is 5.75 Å². The molecule has 1 aromatic heterocycles. The molecular formula is C18H12BrNO3. The van der Waals surface area contributed by atoms with Gasteiger partial charge < -0.3 is 9.72 Å². The van der Waals surface area contributed by atoms with Crippen molar-refractivity contribution in [1.82, 2.24) is 4.98 Å². The van der Waals surface area contributed by atoms with E-state index in [4.69, 9.17) is 4.74 Å². The molecule has 1 N–H and O–H groups in total. The van der Waals surface area contributed by atoms with Gasteiger partial charge in [0.2, 0.25) is 0 Å². The molecule has 1 aliphatic heterocycles. The third kappa shape index (κ3) is 2.28. The summed E-state index contributed by atoms with van der Waals surface area (Å²) in [6.07, 6.45) is 0.150. The molecule has 2 aromatic carbocycles. The Labute approximate surface area is 140 Å². The smallest absolute Gasteiger partial charge is 0.312 e. The minimum absolute atomic E-state index is 0.150. The number of carbonyl (C=O) groups is 1. The van der Waals surface area contributed by atoms with Gasteiger partial charge in [0, 0.05) is 15.8 Å². The van der Waals surface area contributed by atoms with Crippen molar-refractivity contribution in [3.63, 3.8) is 0 Å². The first-order valence-corrected chi connectivity index (χ1v) is 8.04. The highest BCUT2D eigenvalue weighted by atomic mass is 79.9. The van der Waals surface area contributed by atoms with Crippen LogP contribution in [0.3, 0.4) is 0 Å². The number of carbonyl (C=O) groups excluding carboxylic acids is 1. The Morgan fingerprint density at radius 2 is 1.78 bits per heavy atom. The first-order chi connectivity index (χ1) is 11.1. The van der Waals surface area contributed by atoms with Gasteiger partial charge in [-0.2, -0.15) is 0 Å². The predicted octanol–water partition coefficient (Wildman–Crippen LogP) is 3.73. The summed E-state index contributed by atoms with van der Waals surface area (Å²) in [5.41, 5.74) is 1.87. The average Bonchev–Trinajstić information content (AvgIpc) is 2.54. The number of fused-ring (bicyclic) bond motifs is 3. The fourth-order valence-electron chi connectivity index (χ4n) is 3.10. The monoisotopic (exact) mass is 369 g/mol. The maximum absolute atomic E-state index is 12.6. The van der Waals surface area contributed by atoms with E-state index in [1.54, 1.807) is 6.07 Å². The molecule has 0 spiro atoms. The number of hydrogen-bond acceptors (Lipinski definition) is 3. The fourth-order valence-corrected chi connectivity index (χ4v) is 3.66. The number of nitrogens with one attached hydrogen (secondary N) is 1. The number of benzene rings is 2. The first kappa shape index (κ1) is 14.2. The van der Waals surface area contributed by atoms with Crippen LogP contribution in [-0.2, 0) is 4.79 Å². The highest BCUT2D eigenvalue weighted by Gasteiger charge is 2.33. The van der Waals surface area contributed by atoms with Gasteiger partial charge in [-0.05, 0) is 23.8 Å². The number of aromatic amines is 1. The molecule has 114 valence electrons. The summed E-state index contributed by atoms with van der Waals surface area (Å²) in [5.74, 6) is -0.273. The standard InChI is InChI=1S/C18H12BrNO3/c19-13-7-3-1-5-10(13)12-9-15(21)23-17-11-6-2-4-8-14(11)20-18(22)16(12)17/h1-8,12H,9H2,(H,20,22). The Bertz CT molecular complexity index is 993. The SMILES string of the molecule is O=C1CC(c2ccccc2Br)c2c(c3ccccc3[nH]c2=O)O1. The third-order valence-electron chi connectivity index (χ3n) is 4.12. The van der Waals surface area contributed by atoms with Crippen LogP contribution >= 0.6 is 15.9 Å². The normalized spacial score (nSPS) is 16.9. The predicted molar refractivity (Wildman–Crippen MR) is 90.8 cm³/mol. The largest absolute Gasteiger partial charge is 0.425 e. The average molecular weight is 370 g/mol. The highest BCUT2D eigenvalue weighted by Crippen LogP contribution is 2.41. The van der Waals surface area contributed by atoms with Crippen molar-refractivity contribution in [3.05, 3.63) is 74.5 Å². The molecule has 0 saturated carbocycles. The minimum Gasteiger partial charge on any atom is -0.425 e. The lowest BCUT2D eigenvalue weighted by Gasteiger charge is -2.25. The molecule has 5 heteroatoms. The molecule has 0 fully saturated rings. The molecule has 2 heterocycles. The van der Waals surface area contributed by atoms with E-state index in [9.17, 15) is 9.59 Å². The number of hydrogen-bond donors (Lipinski definition) is 1. The lowest BCUT2D eigenvalue weighted by Crippen LogP contribution is -2.28.